The number of aliphatic hydroxyl groups excluding tert-OH is 1. The average Bonchev–Trinajstić information content (AvgIpc) is 3.52. The topological polar surface area (TPSA) is 104 Å². The van der Waals surface area contributed by atoms with Crippen molar-refractivity contribution in [3.63, 3.8) is 0 Å². The van der Waals surface area contributed by atoms with Crippen molar-refractivity contribution in [1.29, 1.82) is 0 Å². The molecule has 44 heavy (non-hydrogen) atoms. The summed E-state index contributed by atoms with van der Waals surface area (Å²) in [6.45, 7) is 1.11. The molecule has 0 spiro atoms. The summed E-state index contributed by atoms with van der Waals surface area (Å²) in [7, 11) is -3.73. The lowest BCUT2D eigenvalue weighted by Gasteiger charge is -2.12. The zero-order valence-corrected chi connectivity index (χ0v) is 25.6. The lowest BCUT2D eigenvalue weighted by atomic mass is 10.1. The second kappa shape index (κ2) is 13.5. The summed E-state index contributed by atoms with van der Waals surface area (Å²) in [6.07, 6.45) is 4.10. The van der Waals surface area contributed by atoms with Gasteiger partial charge in [-0.2, -0.15) is 0 Å². The molecule has 2 aromatic heterocycles. The highest BCUT2D eigenvalue weighted by Crippen LogP contribution is 2.27. The summed E-state index contributed by atoms with van der Waals surface area (Å²) in [5, 5.41) is 18.9. The van der Waals surface area contributed by atoms with Crippen molar-refractivity contribution in [1.82, 2.24) is 15.3 Å². The van der Waals surface area contributed by atoms with Crippen LogP contribution in [0.15, 0.2) is 126 Å². The molecule has 0 radical (unpaired) electrons. The molecule has 2 heterocycles. The monoisotopic (exact) mass is 620 g/mol. The SMILES string of the molecule is O=S(=O)(Nc1ccc(CCNC[C@@H](O)c2cccnc2)cc1)c1ccc(Cc2nc(-c3ccc4ccccc4c3)cs2)cc1. The van der Waals surface area contributed by atoms with E-state index in [1.54, 1.807) is 54.1 Å². The number of hydrogen-bond donors (Lipinski definition) is 3. The largest absolute Gasteiger partial charge is 0.387 e. The fourth-order valence-electron chi connectivity index (χ4n) is 4.95. The number of nitrogens with one attached hydrogen (secondary N) is 2. The number of aromatic nitrogens is 2. The first kappa shape index (κ1) is 29.7. The van der Waals surface area contributed by atoms with Gasteiger partial charge in [0.25, 0.3) is 10.0 Å². The van der Waals surface area contributed by atoms with Crippen LogP contribution in [-0.2, 0) is 22.9 Å². The molecule has 0 aliphatic rings. The molecule has 0 saturated carbocycles. The van der Waals surface area contributed by atoms with Gasteiger partial charge in [0, 0.05) is 47.6 Å². The molecule has 9 heteroatoms. The van der Waals surface area contributed by atoms with Crippen molar-refractivity contribution in [3.05, 3.63) is 143 Å². The van der Waals surface area contributed by atoms with Crippen molar-refractivity contribution < 1.29 is 13.5 Å². The number of pyridine rings is 1. The number of anilines is 1. The van der Waals surface area contributed by atoms with Crippen LogP contribution in [0.25, 0.3) is 22.0 Å². The standard InChI is InChI=1S/C35H32N4O3S2/c40-34(30-6-3-18-36-22-30)23-37-19-17-25-7-13-31(14-8-25)39-44(41,42)32-15-9-26(10-16-32)20-35-38-33(24-43-35)29-12-11-27-4-1-2-5-28(27)21-29/h1-16,18,21-22,24,34,37,39-40H,17,19-20,23H2/t34-/m1/s1. The fourth-order valence-corrected chi connectivity index (χ4v) is 6.85. The van der Waals surface area contributed by atoms with Crippen molar-refractivity contribution in [2.75, 3.05) is 17.8 Å². The summed E-state index contributed by atoms with van der Waals surface area (Å²) in [4.78, 5) is 9.07. The van der Waals surface area contributed by atoms with Gasteiger partial charge in [0.2, 0.25) is 0 Å². The average molecular weight is 621 g/mol. The molecule has 222 valence electrons. The van der Waals surface area contributed by atoms with Crippen molar-refractivity contribution >= 4 is 37.8 Å². The normalized spacial score (nSPS) is 12.3. The van der Waals surface area contributed by atoms with Gasteiger partial charge in [-0.1, -0.05) is 66.7 Å². The van der Waals surface area contributed by atoms with E-state index in [1.807, 2.05) is 42.5 Å². The first-order valence-electron chi connectivity index (χ1n) is 14.4. The van der Waals surface area contributed by atoms with Gasteiger partial charge >= 0.3 is 0 Å². The Morgan fingerprint density at radius 3 is 2.39 bits per heavy atom. The third-order valence-electron chi connectivity index (χ3n) is 7.39. The molecule has 6 rings (SSSR count). The predicted molar refractivity (Wildman–Crippen MR) is 177 cm³/mol. The van der Waals surface area contributed by atoms with E-state index in [0.717, 1.165) is 39.4 Å². The Morgan fingerprint density at radius 1 is 0.841 bits per heavy atom. The molecule has 7 nitrogen and oxygen atoms in total. The number of hydrogen-bond acceptors (Lipinski definition) is 7. The van der Waals surface area contributed by atoms with E-state index in [-0.39, 0.29) is 4.90 Å². The minimum absolute atomic E-state index is 0.206. The summed E-state index contributed by atoms with van der Waals surface area (Å²) in [5.41, 5.74) is 5.36. The highest BCUT2D eigenvalue weighted by atomic mass is 32.2. The van der Waals surface area contributed by atoms with E-state index in [0.29, 0.717) is 25.2 Å². The molecule has 0 saturated heterocycles. The Morgan fingerprint density at radius 2 is 1.61 bits per heavy atom. The highest BCUT2D eigenvalue weighted by Gasteiger charge is 2.15. The van der Waals surface area contributed by atoms with Gasteiger partial charge in [0.15, 0.2) is 0 Å². The van der Waals surface area contributed by atoms with Crippen molar-refractivity contribution in [3.8, 4) is 11.3 Å². The lowest BCUT2D eigenvalue weighted by molar-refractivity contribution is 0.174. The minimum Gasteiger partial charge on any atom is -0.387 e. The molecule has 0 fully saturated rings. The van der Waals surface area contributed by atoms with Crippen LogP contribution in [0.4, 0.5) is 5.69 Å². The molecule has 1 atom stereocenters. The number of thiazole rings is 1. The number of sulfonamides is 1. The molecule has 0 aliphatic carbocycles. The van der Waals surface area contributed by atoms with E-state index in [1.165, 1.54) is 10.8 Å². The van der Waals surface area contributed by atoms with Crippen LogP contribution in [0.5, 0.6) is 0 Å². The van der Waals surface area contributed by atoms with Crippen molar-refractivity contribution in [2.24, 2.45) is 0 Å². The maximum atomic E-state index is 13.0. The van der Waals surface area contributed by atoms with E-state index >= 15 is 0 Å². The zero-order valence-electron chi connectivity index (χ0n) is 23.9. The third-order valence-corrected chi connectivity index (χ3v) is 9.64. The number of aliphatic hydroxyl groups is 1. The quantitative estimate of drug-likeness (QED) is 0.133. The summed E-state index contributed by atoms with van der Waals surface area (Å²) >= 11 is 1.60. The van der Waals surface area contributed by atoms with Gasteiger partial charge < -0.3 is 10.4 Å². The Hall–Kier alpha value is -4.41. The number of rotatable bonds is 12. The minimum atomic E-state index is -3.73. The van der Waals surface area contributed by atoms with Crippen LogP contribution in [0.2, 0.25) is 0 Å². The third kappa shape index (κ3) is 7.38. The van der Waals surface area contributed by atoms with Crippen LogP contribution in [-0.4, -0.2) is 36.6 Å². The van der Waals surface area contributed by atoms with Crippen LogP contribution in [0.1, 0.15) is 27.8 Å². The number of fused-ring (bicyclic) bond motifs is 1. The Kier molecular flexibility index (Phi) is 9.09. The van der Waals surface area contributed by atoms with Gasteiger partial charge in [-0.25, -0.2) is 13.4 Å². The second-order valence-corrected chi connectivity index (χ2v) is 13.2. The maximum absolute atomic E-state index is 13.0. The molecule has 0 unspecified atom stereocenters. The predicted octanol–water partition coefficient (Wildman–Crippen LogP) is 6.62. The molecule has 3 N–H and O–H groups in total. The van der Waals surface area contributed by atoms with Crippen LogP contribution in [0.3, 0.4) is 0 Å². The van der Waals surface area contributed by atoms with Crippen LogP contribution >= 0.6 is 11.3 Å². The van der Waals surface area contributed by atoms with Crippen LogP contribution < -0.4 is 10.0 Å². The van der Waals surface area contributed by atoms with Gasteiger partial charge in [-0.3, -0.25) is 9.71 Å². The van der Waals surface area contributed by atoms with E-state index in [4.69, 9.17) is 4.98 Å². The first-order valence-corrected chi connectivity index (χ1v) is 16.7. The maximum Gasteiger partial charge on any atom is 0.261 e. The fraction of sp³-hybridized carbons (Fsp3) is 0.143. The summed E-state index contributed by atoms with van der Waals surface area (Å²) < 4.78 is 28.8. The van der Waals surface area contributed by atoms with E-state index in [2.05, 4.69) is 50.7 Å². The second-order valence-electron chi connectivity index (χ2n) is 10.6. The number of benzene rings is 4. The Labute approximate surface area is 261 Å². The number of nitrogens with zero attached hydrogens (tertiary/aromatic N) is 2. The smallest absolute Gasteiger partial charge is 0.261 e. The van der Waals surface area contributed by atoms with Gasteiger partial charge in [0.05, 0.1) is 21.7 Å². The molecular weight excluding hydrogens is 589 g/mol. The van der Waals surface area contributed by atoms with Crippen LogP contribution in [0, 0.1) is 0 Å². The summed E-state index contributed by atoms with van der Waals surface area (Å²) in [6, 6.07) is 32.6. The van der Waals surface area contributed by atoms with Crippen molar-refractivity contribution in [2.45, 2.75) is 23.8 Å². The molecule has 0 amide bonds. The lowest BCUT2D eigenvalue weighted by Crippen LogP contribution is -2.23. The zero-order chi connectivity index (χ0) is 30.4. The summed E-state index contributed by atoms with van der Waals surface area (Å²) in [5.74, 6) is 0. The van der Waals surface area contributed by atoms with Gasteiger partial charge in [-0.15, -0.1) is 11.3 Å². The molecule has 6 aromatic rings. The molecular formula is C35H32N4O3S2. The van der Waals surface area contributed by atoms with Gasteiger partial charge in [-0.05, 0) is 71.3 Å². The van der Waals surface area contributed by atoms with Gasteiger partial charge in [0.1, 0.15) is 0 Å². The van der Waals surface area contributed by atoms with E-state index < -0.39 is 16.1 Å². The van der Waals surface area contributed by atoms with E-state index in [9.17, 15) is 13.5 Å². The molecule has 0 aliphatic heterocycles. The Bertz CT molecular complexity index is 1940. The molecule has 0 bridgehead atoms. The first-order chi connectivity index (χ1) is 21.4. The Balaban J connectivity index is 1.01. The molecule has 4 aromatic carbocycles. The highest BCUT2D eigenvalue weighted by molar-refractivity contribution is 7.92.